The van der Waals surface area contributed by atoms with Gasteiger partial charge in [0.15, 0.2) is 0 Å². The molecular formula is C21H22. The van der Waals surface area contributed by atoms with Gasteiger partial charge in [0, 0.05) is 0 Å². The van der Waals surface area contributed by atoms with Crippen molar-refractivity contribution in [2.45, 2.75) is 56.8 Å². The van der Waals surface area contributed by atoms with Crippen molar-refractivity contribution in [2.24, 2.45) is 0 Å². The second-order valence-corrected chi connectivity index (χ2v) is 7.19. The zero-order valence-electron chi connectivity index (χ0n) is 12.6. The van der Waals surface area contributed by atoms with Crippen LogP contribution in [0, 0.1) is 0 Å². The molecule has 0 radical (unpaired) electrons. The van der Waals surface area contributed by atoms with Gasteiger partial charge in [-0.1, -0.05) is 36.4 Å². The van der Waals surface area contributed by atoms with E-state index in [0.717, 1.165) is 11.8 Å². The predicted molar refractivity (Wildman–Crippen MR) is 87.9 cm³/mol. The molecule has 0 spiro atoms. The Kier molecular flexibility index (Phi) is 2.56. The molecular weight excluding hydrogens is 252 g/mol. The van der Waals surface area contributed by atoms with Crippen LogP contribution in [0.4, 0.5) is 0 Å². The fraction of sp³-hybridized carbons (Fsp3) is 0.429. The molecule has 0 heteroatoms. The summed E-state index contributed by atoms with van der Waals surface area (Å²) in [5, 5.41) is 0. The summed E-state index contributed by atoms with van der Waals surface area (Å²) in [5.41, 5.74) is 9.55. The van der Waals surface area contributed by atoms with Gasteiger partial charge >= 0.3 is 0 Å². The van der Waals surface area contributed by atoms with Crippen LogP contribution in [-0.2, 0) is 12.8 Å². The lowest BCUT2D eigenvalue weighted by Gasteiger charge is -2.38. The molecule has 106 valence electrons. The molecule has 6 rings (SSSR count). The molecule has 0 amide bonds. The van der Waals surface area contributed by atoms with E-state index in [4.69, 9.17) is 0 Å². The summed E-state index contributed by atoms with van der Waals surface area (Å²) in [7, 11) is 0. The maximum absolute atomic E-state index is 2.54. The van der Waals surface area contributed by atoms with Gasteiger partial charge in [-0.2, -0.15) is 0 Å². The summed E-state index contributed by atoms with van der Waals surface area (Å²) in [6, 6.07) is 14.3. The second-order valence-electron chi connectivity index (χ2n) is 7.19. The largest absolute Gasteiger partial charge is 0.0614 e. The molecule has 0 N–H and O–H groups in total. The van der Waals surface area contributed by atoms with E-state index in [0.29, 0.717) is 0 Å². The van der Waals surface area contributed by atoms with Crippen molar-refractivity contribution in [1.82, 2.24) is 0 Å². The number of hydrogen-bond donors (Lipinski definition) is 0. The van der Waals surface area contributed by atoms with Crippen LogP contribution >= 0.6 is 0 Å². The molecule has 1 saturated carbocycles. The lowest BCUT2D eigenvalue weighted by Crippen LogP contribution is -2.21. The number of hydrogen-bond acceptors (Lipinski definition) is 0. The molecule has 2 aromatic rings. The fourth-order valence-electron chi connectivity index (χ4n) is 5.07. The first kappa shape index (κ1) is 12.0. The van der Waals surface area contributed by atoms with Gasteiger partial charge in [0.25, 0.3) is 0 Å². The summed E-state index contributed by atoms with van der Waals surface area (Å²) in [4.78, 5) is 0. The molecule has 0 aromatic heterocycles. The van der Waals surface area contributed by atoms with Crippen LogP contribution in [0.2, 0.25) is 0 Å². The average Bonchev–Trinajstić information content (AvgIpc) is 3.04. The van der Waals surface area contributed by atoms with E-state index in [2.05, 4.69) is 36.4 Å². The molecule has 1 fully saturated rings. The Morgan fingerprint density at radius 3 is 2.43 bits per heavy atom. The first-order chi connectivity index (χ1) is 10.4. The highest BCUT2D eigenvalue weighted by atomic mass is 14.4. The van der Waals surface area contributed by atoms with Crippen molar-refractivity contribution in [3.8, 4) is 11.1 Å². The van der Waals surface area contributed by atoms with Gasteiger partial charge < -0.3 is 0 Å². The van der Waals surface area contributed by atoms with E-state index in [1.807, 2.05) is 0 Å². The molecule has 0 unspecified atom stereocenters. The molecule has 4 aliphatic carbocycles. The van der Waals surface area contributed by atoms with Crippen LogP contribution in [0.5, 0.6) is 0 Å². The third-order valence-electron chi connectivity index (χ3n) is 6.15. The Balaban J connectivity index is 1.66. The van der Waals surface area contributed by atoms with Crippen molar-refractivity contribution in [3.05, 3.63) is 58.7 Å². The van der Waals surface area contributed by atoms with Crippen molar-refractivity contribution in [3.63, 3.8) is 0 Å². The van der Waals surface area contributed by atoms with Crippen LogP contribution in [0.3, 0.4) is 0 Å². The van der Waals surface area contributed by atoms with Gasteiger partial charge in [-0.15, -0.1) is 0 Å². The summed E-state index contributed by atoms with van der Waals surface area (Å²) in [6.45, 7) is 0. The van der Waals surface area contributed by atoms with Crippen LogP contribution in [-0.4, -0.2) is 0 Å². The van der Waals surface area contributed by atoms with E-state index in [1.54, 1.807) is 22.3 Å². The average molecular weight is 274 g/mol. The van der Waals surface area contributed by atoms with Gasteiger partial charge in [0.05, 0.1) is 0 Å². The number of fused-ring (bicyclic) bond motifs is 3. The topological polar surface area (TPSA) is 0 Å². The molecule has 21 heavy (non-hydrogen) atoms. The molecule has 0 nitrogen and oxygen atoms in total. The van der Waals surface area contributed by atoms with Gasteiger partial charge in [0.1, 0.15) is 0 Å². The summed E-state index contributed by atoms with van der Waals surface area (Å²) in [6.07, 6.45) is 9.59. The number of benzene rings is 2. The Bertz CT molecular complexity index is 702. The SMILES string of the molecule is c1cc2c(c(-c3ccc4c(c3)C3CCC4CC3)c1)CCC2. The van der Waals surface area contributed by atoms with E-state index in [9.17, 15) is 0 Å². The minimum Gasteiger partial charge on any atom is -0.0614 e. The molecule has 4 aliphatic rings. The summed E-state index contributed by atoms with van der Waals surface area (Å²) in [5.74, 6) is 1.71. The Morgan fingerprint density at radius 1 is 0.762 bits per heavy atom. The van der Waals surface area contributed by atoms with Crippen molar-refractivity contribution < 1.29 is 0 Å². The third kappa shape index (κ3) is 1.75. The van der Waals surface area contributed by atoms with Gasteiger partial charge in [-0.05, 0) is 90.2 Å². The maximum Gasteiger partial charge on any atom is -0.0149 e. The Morgan fingerprint density at radius 2 is 1.57 bits per heavy atom. The molecule has 0 saturated heterocycles. The molecule has 0 aliphatic heterocycles. The summed E-state index contributed by atoms with van der Waals surface area (Å²) >= 11 is 0. The van der Waals surface area contributed by atoms with E-state index < -0.39 is 0 Å². The van der Waals surface area contributed by atoms with Gasteiger partial charge in [-0.25, -0.2) is 0 Å². The minimum atomic E-state index is 0.849. The quantitative estimate of drug-likeness (QED) is 0.635. The second kappa shape index (κ2) is 4.47. The van der Waals surface area contributed by atoms with Gasteiger partial charge in [0.2, 0.25) is 0 Å². The first-order valence-electron chi connectivity index (χ1n) is 8.65. The monoisotopic (exact) mass is 274 g/mol. The number of rotatable bonds is 1. The zero-order valence-corrected chi connectivity index (χ0v) is 12.6. The molecule has 2 bridgehead atoms. The highest BCUT2D eigenvalue weighted by molar-refractivity contribution is 5.71. The van der Waals surface area contributed by atoms with Crippen molar-refractivity contribution in [1.29, 1.82) is 0 Å². The molecule has 0 heterocycles. The van der Waals surface area contributed by atoms with Crippen molar-refractivity contribution >= 4 is 0 Å². The van der Waals surface area contributed by atoms with Crippen LogP contribution in [0.25, 0.3) is 11.1 Å². The van der Waals surface area contributed by atoms with Crippen LogP contribution in [0.15, 0.2) is 36.4 Å². The Labute approximate surface area is 127 Å². The standard InChI is InChI=1S/C21H22/c1-3-14-4-2-6-19(18(14)5-1)17-11-12-20-15-7-9-16(10-8-15)21(20)13-17/h2,4,6,11-13,15-16H,1,3,5,7-10H2. The van der Waals surface area contributed by atoms with Crippen molar-refractivity contribution in [2.75, 3.05) is 0 Å². The normalized spacial score (nSPS) is 25.7. The predicted octanol–water partition coefficient (Wildman–Crippen LogP) is 5.60. The number of aryl methyl sites for hydroxylation is 1. The third-order valence-corrected chi connectivity index (χ3v) is 6.15. The highest BCUT2D eigenvalue weighted by Crippen LogP contribution is 2.50. The maximum atomic E-state index is 2.54. The minimum absolute atomic E-state index is 0.849. The van der Waals surface area contributed by atoms with Crippen LogP contribution in [0.1, 0.15) is 66.2 Å². The van der Waals surface area contributed by atoms with E-state index in [-0.39, 0.29) is 0 Å². The fourth-order valence-corrected chi connectivity index (χ4v) is 5.07. The molecule has 2 aromatic carbocycles. The smallest absolute Gasteiger partial charge is 0.0149 e. The summed E-state index contributed by atoms with van der Waals surface area (Å²) < 4.78 is 0. The molecule has 0 atom stereocenters. The lowest BCUT2D eigenvalue weighted by molar-refractivity contribution is 0.359. The van der Waals surface area contributed by atoms with Gasteiger partial charge in [-0.3, -0.25) is 0 Å². The zero-order chi connectivity index (χ0) is 13.8. The highest BCUT2D eigenvalue weighted by Gasteiger charge is 2.32. The van der Waals surface area contributed by atoms with Crippen LogP contribution < -0.4 is 0 Å². The van der Waals surface area contributed by atoms with E-state index >= 15 is 0 Å². The Hall–Kier alpha value is -1.56. The first-order valence-corrected chi connectivity index (χ1v) is 8.65. The lowest BCUT2D eigenvalue weighted by atomic mass is 9.66. The van der Waals surface area contributed by atoms with E-state index in [1.165, 1.54) is 56.1 Å².